The molecule has 3 heteroatoms. The summed E-state index contributed by atoms with van der Waals surface area (Å²) in [5.41, 5.74) is 0. The number of rotatable bonds is 1. The number of carbonyl (C=O) groups excluding carboxylic acids is 1. The fourth-order valence-electron chi connectivity index (χ4n) is 1.65. The molecule has 2 rings (SSSR count). The average Bonchev–Trinajstić information content (AvgIpc) is 2.92. The van der Waals surface area contributed by atoms with Gasteiger partial charge in [-0.15, -0.1) is 0 Å². The Kier molecular flexibility index (Phi) is 2.30. The van der Waals surface area contributed by atoms with Gasteiger partial charge in [0.2, 0.25) is 5.91 Å². The van der Waals surface area contributed by atoms with Crippen LogP contribution in [-0.4, -0.2) is 37.0 Å². The zero-order valence-electron chi connectivity index (χ0n) is 7.38. The van der Waals surface area contributed by atoms with E-state index in [4.69, 9.17) is 0 Å². The maximum Gasteiger partial charge on any atom is 0.225 e. The highest BCUT2D eigenvalue weighted by atomic mass is 16.2. The molecule has 1 saturated carbocycles. The summed E-state index contributed by atoms with van der Waals surface area (Å²) in [7, 11) is 0. The quantitative estimate of drug-likeness (QED) is 0.607. The summed E-state index contributed by atoms with van der Waals surface area (Å²) in [5, 5.41) is 3.30. The normalized spacial score (nSPS) is 25.2. The molecule has 0 atom stereocenters. The van der Waals surface area contributed by atoms with Gasteiger partial charge in [-0.05, 0) is 25.8 Å². The number of carbonyl (C=O) groups is 1. The van der Waals surface area contributed by atoms with Crippen LogP contribution in [0.1, 0.15) is 19.3 Å². The Morgan fingerprint density at radius 3 is 2.83 bits per heavy atom. The smallest absolute Gasteiger partial charge is 0.225 e. The van der Waals surface area contributed by atoms with Gasteiger partial charge in [-0.1, -0.05) is 0 Å². The van der Waals surface area contributed by atoms with Crippen molar-refractivity contribution in [3.05, 3.63) is 0 Å². The molecule has 2 fully saturated rings. The first-order chi connectivity index (χ1) is 5.88. The Bertz CT molecular complexity index is 169. The van der Waals surface area contributed by atoms with Crippen LogP contribution in [-0.2, 0) is 4.79 Å². The number of amides is 1. The highest BCUT2D eigenvalue weighted by Gasteiger charge is 2.33. The van der Waals surface area contributed by atoms with Crippen LogP contribution in [0.5, 0.6) is 0 Å². The van der Waals surface area contributed by atoms with Gasteiger partial charge in [-0.3, -0.25) is 4.79 Å². The fourth-order valence-corrected chi connectivity index (χ4v) is 1.65. The molecule has 1 N–H and O–H groups in total. The molecule has 1 saturated heterocycles. The van der Waals surface area contributed by atoms with Crippen molar-refractivity contribution in [2.24, 2.45) is 5.92 Å². The Balaban J connectivity index is 1.87. The molecule has 68 valence electrons. The van der Waals surface area contributed by atoms with E-state index in [1.165, 1.54) is 0 Å². The lowest BCUT2D eigenvalue weighted by Crippen LogP contribution is -2.35. The summed E-state index contributed by atoms with van der Waals surface area (Å²) >= 11 is 0. The van der Waals surface area contributed by atoms with E-state index in [2.05, 4.69) is 5.32 Å². The minimum absolute atomic E-state index is 0.392. The lowest BCUT2D eigenvalue weighted by molar-refractivity contribution is -0.132. The molecule has 1 aliphatic heterocycles. The lowest BCUT2D eigenvalue weighted by Gasteiger charge is -2.19. The van der Waals surface area contributed by atoms with E-state index in [0.29, 0.717) is 11.8 Å². The second-order valence-electron chi connectivity index (χ2n) is 3.70. The number of hydrogen-bond donors (Lipinski definition) is 1. The van der Waals surface area contributed by atoms with E-state index in [9.17, 15) is 4.79 Å². The second kappa shape index (κ2) is 3.44. The zero-order valence-corrected chi connectivity index (χ0v) is 7.38. The maximum atomic E-state index is 11.6. The topological polar surface area (TPSA) is 32.3 Å². The summed E-state index contributed by atoms with van der Waals surface area (Å²) in [4.78, 5) is 13.6. The van der Waals surface area contributed by atoms with Crippen molar-refractivity contribution in [2.45, 2.75) is 19.3 Å². The van der Waals surface area contributed by atoms with Crippen LogP contribution in [0.3, 0.4) is 0 Å². The Morgan fingerprint density at radius 2 is 2.08 bits per heavy atom. The number of nitrogens with zero attached hydrogens (tertiary/aromatic N) is 1. The highest BCUT2D eigenvalue weighted by Crippen LogP contribution is 2.30. The van der Waals surface area contributed by atoms with Crippen LogP contribution in [0.25, 0.3) is 0 Å². The third-order valence-corrected chi connectivity index (χ3v) is 2.58. The fraction of sp³-hybridized carbons (Fsp3) is 0.889. The summed E-state index contributed by atoms with van der Waals surface area (Å²) in [6.07, 6.45) is 3.37. The molecule has 1 aliphatic carbocycles. The molecule has 0 spiro atoms. The zero-order chi connectivity index (χ0) is 8.39. The molecule has 1 heterocycles. The van der Waals surface area contributed by atoms with Crippen LogP contribution in [0.15, 0.2) is 0 Å². The van der Waals surface area contributed by atoms with Crippen molar-refractivity contribution in [1.29, 1.82) is 0 Å². The predicted octanol–water partition coefficient (Wildman–Crippen LogP) is 0.218. The van der Waals surface area contributed by atoms with Gasteiger partial charge in [-0.2, -0.15) is 0 Å². The van der Waals surface area contributed by atoms with Crippen molar-refractivity contribution in [3.63, 3.8) is 0 Å². The molecule has 1 amide bonds. The monoisotopic (exact) mass is 168 g/mol. The SMILES string of the molecule is O=C(C1CC1)N1CCCNCC1. The maximum absolute atomic E-state index is 11.6. The third kappa shape index (κ3) is 1.78. The molecule has 0 unspecified atom stereocenters. The van der Waals surface area contributed by atoms with E-state index in [1.54, 1.807) is 0 Å². The van der Waals surface area contributed by atoms with Gasteiger partial charge in [0, 0.05) is 25.6 Å². The van der Waals surface area contributed by atoms with Crippen molar-refractivity contribution in [2.75, 3.05) is 26.2 Å². The molecule has 0 aromatic heterocycles. The largest absolute Gasteiger partial charge is 0.341 e. The highest BCUT2D eigenvalue weighted by molar-refractivity contribution is 5.81. The summed E-state index contributed by atoms with van der Waals surface area (Å²) < 4.78 is 0. The third-order valence-electron chi connectivity index (χ3n) is 2.58. The van der Waals surface area contributed by atoms with Crippen LogP contribution in [0.4, 0.5) is 0 Å². The average molecular weight is 168 g/mol. The minimum atomic E-state index is 0.392. The number of hydrogen-bond acceptors (Lipinski definition) is 2. The van der Waals surface area contributed by atoms with Crippen LogP contribution < -0.4 is 5.32 Å². The van der Waals surface area contributed by atoms with E-state index < -0.39 is 0 Å². The molecular weight excluding hydrogens is 152 g/mol. The molecule has 0 radical (unpaired) electrons. The minimum Gasteiger partial charge on any atom is -0.341 e. The molecule has 3 nitrogen and oxygen atoms in total. The summed E-state index contributed by atoms with van der Waals surface area (Å²) in [6, 6.07) is 0. The second-order valence-corrected chi connectivity index (χ2v) is 3.70. The molecule has 12 heavy (non-hydrogen) atoms. The lowest BCUT2D eigenvalue weighted by atomic mass is 10.3. The van der Waals surface area contributed by atoms with Gasteiger partial charge in [0.05, 0.1) is 0 Å². The molecule has 0 aromatic rings. The molecule has 0 aromatic carbocycles. The summed E-state index contributed by atoms with van der Waals surface area (Å²) in [6.45, 7) is 3.91. The molecular formula is C9H16N2O. The Hall–Kier alpha value is -0.570. The van der Waals surface area contributed by atoms with E-state index in [0.717, 1.165) is 45.4 Å². The van der Waals surface area contributed by atoms with Crippen molar-refractivity contribution in [1.82, 2.24) is 10.2 Å². The first-order valence-electron chi connectivity index (χ1n) is 4.87. The van der Waals surface area contributed by atoms with Gasteiger partial charge < -0.3 is 10.2 Å². The van der Waals surface area contributed by atoms with Gasteiger partial charge in [0.15, 0.2) is 0 Å². The van der Waals surface area contributed by atoms with E-state index in [1.807, 2.05) is 4.90 Å². The number of nitrogens with one attached hydrogen (secondary N) is 1. The van der Waals surface area contributed by atoms with Crippen molar-refractivity contribution >= 4 is 5.91 Å². The van der Waals surface area contributed by atoms with Gasteiger partial charge >= 0.3 is 0 Å². The Morgan fingerprint density at radius 1 is 1.25 bits per heavy atom. The molecule has 2 aliphatic rings. The van der Waals surface area contributed by atoms with Gasteiger partial charge in [-0.25, -0.2) is 0 Å². The van der Waals surface area contributed by atoms with Crippen molar-refractivity contribution < 1.29 is 4.79 Å². The van der Waals surface area contributed by atoms with Crippen molar-refractivity contribution in [3.8, 4) is 0 Å². The van der Waals surface area contributed by atoms with Crippen LogP contribution in [0.2, 0.25) is 0 Å². The predicted molar refractivity (Wildman–Crippen MR) is 46.8 cm³/mol. The van der Waals surface area contributed by atoms with Crippen LogP contribution >= 0.6 is 0 Å². The van der Waals surface area contributed by atoms with Crippen LogP contribution in [0, 0.1) is 5.92 Å². The summed E-state index contributed by atoms with van der Waals surface area (Å²) in [5.74, 6) is 0.793. The van der Waals surface area contributed by atoms with Gasteiger partial charge in [0.1, 0.15) is 0 Å². The molecule has 0 bridgehead atoms. The standard InChI is InChI=1S/C9H16N2O/c12-9(8-2-3-8)11-6-1-4-10-5-7-11/h8,10H,1-7H2. The first-order valence-corrected chi connectivity index (χ1v) is 4.87. The Labute approximate surface area is 73.1 Å². The van der Waals surface area contributed by atoms with E-state index >= 15 is 0 Å². The van der Waals surface area contributed by atoms with Gasteiger partial charge in [0.25, 0.3) is 0 Å². The first kappa shape index (κ1) is 8.05. The van der Waals surface area contributed by atoms with E-state index in [-0.39, 0.29) is 0 Å².